The van der Waals surface area contributed by atoms with Crippen LogP contribution in [0, 0.1) is 11.1 Å². The predicted octanol–water partition coefficient (Wildman–Crippen LogP) is 3.57. The number of aliphatic hydroxyl groups is 1. The molecule has 168 valence electrons. The molecule has 6 nitrogen and oxygen atoms in total. The number of ether oxygens (including phenoxy) is 1. The molecule has 0 aliphatic carbocycles. The maximum atomic E-state index is 12.5. The summed E-state index contributed by atoms with van der Waals surface area (Å²) in [5.41, 5.74) is 1.08. The zero-order valence-corrected chi connectivity index (χ0v) is 18.5. The first-order valence-electron chi connectivity index (χ1n) is 10.8. The van der Waals surface area contributed by atoms with E-state index in [1.807, 2.05) is 30.3 Å². The van der Waals surface area contributed by atoms with Gasteiger partial charge in [0.1, 0.15) is 0 Å². The number of sulfone groups is 1. The highest BCUT2D eigenvalue weighted by Gasteiger charge is 2.36. The number of aliphatic hydroxyl groups excluding tert-OH is 1. The second kappa shape index (κ2) is 11.4. The van der Waals surface area contributed by atoms with Gasteiger partial charge in [0, 0.05) is 25.4 Å². The van der Waals surface area contributed by atoms with Crippen molar-refractivity contribution in [3.63, 3.8) is 0 Å². The highest BCUT2D eigenvalue weighted by molar-refractivity contribution is 7.91. The van der Waals surface area contributed by atoms with Gasteiger partial charge < -0.3 is 15.1 Å². The molecule has 0 unspecified atom stereocenters. The van der Waals surface area contributed by atoms with Gasteiger partial charge >= 0.3 is 0 Å². The first-order chi connectivity index (χ1) is 15.0. The summed E-state index contributed by atoms with van der Waals surface area (Å²) in [5, 5.41) is 23.1. The van der Waals surface area contributed by atoms with E-state index in [9.17, 15) is 18.7 Å². The van der Waals surface area contributed by atoms with Crippen molar-refractivity contribution in [3.8, 4) is 0 Å². The van der Waals surface area contributed by atoms with E-state index in [1.165, 1.54) is 0 Å². The molecule has 0 spiro atoms. The maximum Gasteiger partial charge on any atom is 0.178 e. The van der Waals surface area contributed by atoms with E-state index in [4.69, 9.17) is 4.74 Å². The van der Waals surface area contributed by atoms with Crippen molar-refractivity contribution in [2.45, 2.75) is 55.8 Å². The summed E-state index contributed by atoms with van der Waals surface area (Å²) in [4.78, 5) is 0.302. The lowest BCUT2D eigenvalue weighted by atomic mass is 9.84. The average Bonchev–Trinajstić information content (AvgIpc) is 2.79. The van der Waals surface area contributed by atoms with Gasteiger partial charge in [0.25, 0.3) is 0 Å². The number of hydroxylamine groups is 1. The molecule has 0 aromatic heterocycles. The van der Waals surface area contributed by atoms with E-state index in [0.29, 0.717) is 50.2 Å². The van der Waals surface area contributed by atoms with Crippen molar-refractivity contribution >= 4 is 16.1 Å². The van der Waals surface area contributed by atoms with Crippen LogP contribution in [-0.4, -0.2) is 49.0 Å². The zero-order valence-electron chi connectivity index (χ0n) is 17.7. The minimum Gasteiger partial charge on any atom is -0.624 e. The Morgan fingerprint density at radius 2 is 1.77 bits per heavy atom. The second-order valence-corrected chi connectivity index (χ2v) is 10.1. The first-order valence-corrected chi connectivity index (χ1v) is 12.5. The molecule has 1 aliphatic rings. The summed E-state index contributed by atoms with van der Waals surface area (Å²) >= 11 is 0. The summed E-state index contributed by atoms with van der Waals surface area (Å²) in [5.74, 6) is -0.202. The Kier molecular flexibility index (Phi) is 8.63. The fraction of sp³-hybridized carbons (Fsp3) is 0.458. The van der Waals surface area contributed by atoms with Gasteiger partial charge in [0.15, 0.2) is 22.1 Å². The van der Waals surface area contributed by atoms with Crippen LogP contribution in [0.1, 0.15) is 37.7 Å². The van der Waals surface area contributed by atoms with Gasteiger partial charge in [-0.2, -0.15) is 0 Å². The van der Waals surface area contributed by atoms with E-state index in [1.54, 1.807) is 36.5 Å². The fourth-order valence-electron chi connectivity index (χ4n) is 4.11. The summed E-state index contributed by atoms with van der Waals surface area (Å²) in [6.07, 6.45) is 3.54. The fourth-order valence-corrected chi connectivity index (χ4v) is 5.47. The molecule has 31 heavy (non-hydrogen) atoms. The smallest absolute Gasteiger partial charge is 0.178 e. The Balaban J connectivity index is 1.49. The van der Waals surface area contributed by atoms with Crippen LogP contribution in [0.15, 0.2) is 65.6 Å². The summed E-state index contributed by atoms with van der Waals surface area (Å²) in [6.45, 7) is 0.894. The van der Waals surface area contributed by atoms with Crippen LogP contribution < -0.4 is 0 Å². The predicted molar refractivity (Wildman–Crippen MR) is 121 cm³/mol. The van der Waals surface area contributed by atoms with Gasteiger partial charge in [-0.05, 0) is 37.0 Å². The lowest BCUT2D eigenvalue weighted by Gasteiger charge is -2.32. The molecule has 7 heteroatoms. The first kappa shape index (κ1) is 23.4. The molecule has 3 atom stereocenters. The quantitative estimate of drug-likeness (QED) is 0.324. The van der Waals surface area contributed by atoms with Crippen LogP contribution in [0.4, 0.5) is 0 Å². The van der Waals surface area contributed by atoms with Gasteiger partial charge in [0.2, 0.25) is 0 Å². The molecule has 1 aliphatic heterocycles. The monoisotopic (exact) mass is 445 g/mol. The molecule has 2 aromatic carbocycles. The summed E-state index contributed by atoms with van der Waals surface area (Å²) < 4.78 is 31.6. The number of hydrogen-bond acceptors (Lipinski definition) is 5. The molecular weight excluding hydrogens is 414 g/mol. The standard InChI is InChI=1S/C24H31NO5S/c26-24(15-17-30-19-20-9-3-1-4-10-20)22-13-7-16-25(27)23(22)14-8-18-31(28,29)21-11-5-2-6-12-21/h1-6,9-12,16,22-24,26H,7-8,13-15,17-19H2/t22-,23-,24+/m1/s1. The van der Waals surface area contributed by atoms with Gasteiger partial charge in [-0.15, -0.1) is 0 Å². The van der Waals surface area contributed by atoms with E-state index in [2.05, 4.69) is 0 Å². The van der Waals surface area contributed by atoms with Gasteiger partial charge in [-0.1, -0.05) is 48.5 Å². The normalized spacial score (nSPS) is 20.2. The molecular formula is C24H31NO5S. The molecule has 1 heterocycles. The molecule has 0 fully saturated rings. The number of rotatable bonds is 11. The van der Waals surface area contributed by atoms with E-state index in [-0.39, 0.29) is 11.7 Å². The van der Waals surface area contributed by atoms with Crippen LogP contribution in [0.25, 0.3) is 0 Å². The van der Waals surface area contributed by atoms with Crippen molar-refractivity contribution < 1.29 is 23.0 Å². The molecule has 2 aromatic rings. The van der Waals surface area contributed by atoms with E-state index in [0.717, 1.165) is 10.3 Å². The second-order valence-electron chi connectivity index (χ2n) is 8.02. The molecule has 0 saturated carbocycles. The van der Waals surface area contributed by atoms with Crippen molar-refractivity contribution in [2.75, 3.05) is 12.4 Å². The van der Waals surface area contributed by atoms with E-state index >= 15 is 0 Å². The van der Waals surface area contributed by atoms with E-state index < -0.39 is 22.0 Å². The summed E-state index contributed by atoms with van der Waals surface area (Å²) in [6, 6.07) is 17.8. The lowest BCUT2D eigenvalue weighted by molar-refractivity contribution is -0.517. The lowest BCUT2D eigenvalue weighted by Crippen LogP contribution is -2.42. The number of nitrogens with zero attached hydrogens (tertiary/aromatic N) is 1. The van der Waals surface area contributed by atoms with Crippen molar-refractivity contribution in [1.29, 1.82) is 0 Å². The number of hydrogen-bond donors (Lipinski definition) is 1. The third-order valence-electron chi connectivity index (χ3n) is 5.81. The summed E-state index contributed by atoms with van der Waals surface area (Å²) in [7, 11) is -3.37. The molecule has 0 radical (unpaired) electrons. The van der Waals surface area contributed by atoms with Crippen molar-refractivity contribution in [1.82, 2.24) is 0 Å². The minimum absolute atomic E-state index is 0.00957. The third-order valence-corrected chi connectivity index (χ3v) is 7.63. The highest BCUT2D eigenvalue weighted by atomic mass is 32.2. The zero-order chi connectivity index (χ0) is 22.1. The Labute approximate surface area is 184 Å². The minimum atomic E-state index is -3.37. The van der Waals surface area contributed by atoms with Gasteiger partial charge in [0.05, 0.1) is 23.4 Å². The van der Waals surface area contributed by atoms with Crippen LogP contribution in [0.5, 0.6) is 0 Å². The number of benzene rings is 2. The maximum absolute atomic E-state index is 12.5. The average molecular weight is 446 g/mol. The van der Waals surface area contributed by atoms with Gasteiger partial charge in [-0.25, -0.2) is 13.2 Å². The van der Waals surface area contributed by atoms with Crippen LogP contribution >= 0.6 is 0 Å². The Hall–Kier alpha value is -2.22. The Morgan fingerprint density at radius 3 is 2.48 bits per heavy atom. The Morgan fingerprint density at radius 1 is 1.10 bits per heavy atom. The molecule has 0 amide bonds. The van der Waals surface area contributed by atoms with Crippen LogP contribution in [-0.2, 0) is 21.2 Å². The van der Waals surface area contributed by atoms with Crippen molar-refractivity contribution in [3.05, 3.63) is 71.4 Å². The van der Waals surface area contributed by atoms with Crippen LogP contribution in [0.3, 0.4) is 0 Å². The van der Waals surface area contributed by atoms with Crippen LogP contribution in [0.2, 0.25) is 0 Å². The topological polar surface area (TPSA) is 89.7 Å². The molecule has 0 saturated heterocycles. The molecule has 1 N–H and O–H groups in total. The Bertz CT molecular complexity index is 931. The largest absolute Gasteiger partial charge is 0.624 e. The van der Waals surface area contributed by atoms with Gasteiger partial charge in [-0.3, -0.25) is 0 Å². The SMILES string of the molecule is O=S(=O)(CCC[C@@H]1[C@H]([C@@H](O)CCOCc2ccccc2)CCC=[N+]1[O-])c1ccccc1. The third kappa shape index (κ3) is 6.89. The van der Waals surface area contributed by atoms with Crippen molar-refractivity contribution in [2.24, 2.45) is 5.92 Å². The molecule has 3 rings (SSSR count). The highest BCUT2D eigenvalue weighted by Crippen LogP contribution is 2.27. The molecule has 0 bridgehead atoms.